The van der Waals surface area contributed by atoms with E-state index in [1.165, 1.54) is 85.7 Å². The van der Waals surface area contributed by atoms with Gasteiger partial charge in [0.2, 0.25) is 4.77 Å². The third kappa shape index (κ3) is 11.2. The fourth-order valence-electron chi connectivity index (χ4n) is 5.29. The molecule has 1 aliphatic heterocycles. The molecular formula is C29H45N4NaO5S3. The molecular weight excluding hydrogens is 604 g/mol. The summed E-state index contributed by atoms with van der Waals surface area (Å²) >= 11 is 6.81. The minimum absolute atomic E-state index is 0. The number of hydrogen-bond donors (Lipinski definition) is 1. The molecule has 1 aliphatic rings. The van der Waals surface area contributed by atoms with Crippen LogP contribution >= 0.6 is 24.0 Å². The summed E-state index contributed by atoms with van der Waals surface area (Å²) in [5.74, 6) is 0.597. The fraction of sp³-hybridized carbons (Fsp3) is 0.690. The molecule has 230 valence electrons. The largest absolute Gasteiger partial charge is 1.00 e. The second-order valence-electron chi connectivity index (χ2n) is 10.7. The molecule has 0 aliphatic carbocycles. The average Bonchev–Trinajstić information content (AvgIpc) is 3.51. The van der Waals surface area contributed by atoms with Gasteiger partial charge in [0.05, 0.1) is 12.9 Å². The van der Waals surface area contributed by atoms with E-state index in [-0.39, 0.29) is 58.2 Å². The van der Waals surface area contributed by atoms with E-state index in [0.29, 0.717) is 12.2 Å². The zero-order valence-electron chi connectivity index (χ0n) is 25.4. The molecule has 0 bridgehead atoms. The van der Waals surface area contributed by atoms with Crippen LogP contribution in [0.2, 0.25) is 0 Å². The van der Waals surface area contributed by atoms with E-state index < -0.39 is 20.7 Å². The molecule has 2 heterocycles. The van der Waals surface area contributed by atoms with E-state index in [1.54, 1.807) is 19.2 Å². The van der Waals surface area contributed by atoms with Gasteiger partial charge in [-0.25, -0.2) is 18.1 Å². The summed E-state index contributed by atoms with van der Waals surface area (Å²) in [5, 5.41) is 6.33. The number of carbonyl (C=O) groups is 1. The smallest absolute Gasteiger partial charge is 0.747 e. The molecule has 42 heavy (non-hydrogen) atoms. The number of unbranched alkanes of at least 4 members (excludes halogenated alkanes) is 13. The fourth-order valence-corrected chi connectivity index (χ4v) is 7.52. The zero-order chi connectivity index (χ0) is 29.7. The van der Waals surface area contributed by atoms with Crippen LogP contribution in [-0.2, 0) is 14.9 Å². The molecule has 1 N–H and O–H groups in total. The van der Waals surface area contributed by atoms with Gasteiger partial charge in [-0.15, -0.1) is 11.8 Å². The summed E-state index contributed by atoms with van der Waals surface area (Å²) < 4.78 is 43.8. The first-order valence-corrected chi connectivity index (χ1v) is 17.9. The molecule has 2 atom stereocenters. The number of ether oxygens (including phenoxy) is 1. The van der Waals surface area contributed by atoms with Crippen molar-refractivity contribution < 1.29 is 52.1 Å². The number of aromatic amines is 1. The normalized spacial score (nSPS) is 16.0. The Labute approximate surface area is 283 Å². The number of methoxy groups -OCH3 is 1. The molecule has 0 radical (unpaired) electrons. The van der Waals surface area contributed by atoms with Crippen molar-refractivity contribution >= 4 is 40.0 Å². The Kier molecular flexibility index (Phi) is 17.3. The third-order valence-corrected chi connectivity index (χ3v) is 10.2. The van der Waals surface area contributed by atoms with E-state index in [0.717, 1.165) is 24.8 Å². The van der Waals surface area contributed by atoms with Crippen molar-refractivity contribution in [2.45, 2.75) is 114 Å². The van der Waals surface area contributed by atoms with Crippen LogP contribution in [0.1, 0.15) is 125 Å². The van der Waals surface area contributed by atoms with Crippen molar-refractivity contribution in [3.05, 3.63) is 40.4 Å². The molecule has 1 saturated heterocycles. The standard InChI is InChI=1S/C29H46N4O5S3.Na/c1-3-4-5-6-7-8-9-10-11-12-13-14-15-16-17-25(41(35,36)37)27-30-31-29(39)33(27)32-26(34)22-40-28(32)23-18-20-24(38-2)21-19-23;/h18-21,25,28H,3-17,22H2,1-2H3,(H,31,39)(H,35,36,37);/q;+1/p-1. The number of H-pyrrole nitrogens is 1. The number of nitrogens with one attached hydrogen (secondary N) is 1. The quantitative estimate of drug-likeness (QED) is 0.0976. The number of thioether (sulfide) groups is 1. The van der Waals surface area contributed by atoms with Gasteiger partial charge in [0.15, 0.2) is 5.82 Å². The van der Waals surface area contributed by atoms with E-state index in [4.69, 9.17) is 17.0 Å². The number of aromatic nitrogens is 3. The molecule has 9 nitrogen and oxygen atoms in total. The Morgan fingerprint density at radius 1 is 1.00 bits per heavy atom. The van der Waals surface area contributed by atoms with Crippen molar-refractivity contribution in [3.63, 3.8) is 0 Å². The minimum Gasteiger partial charge on any atom is -0.747 e. The molecule has 1 aromatic carbocycles. The van der Waals surface area contributed by atoms with E-state index in [1.807, 2.05) is 12.1 Å². The third-order valence-electron chi connectivity index (χ3n) is 7.59. The Morgan fingerprint density at radius 3 is 2.02 bits per heavy atom. The van der Waals surface area contributed by atoms with E-state index >= 15 is 0 Å². The molecule has 1 aromatic heterocycles. The van der Waals surface area contributed by atoms with Crippen LogP contribution in [-0.4, -0.2) is 46.6 Å². The van der Waals surface area contributed by atoms with Crippen LogP contribution in [0.4, 0.5) is 0 Å². The molecule has 0 saturated carbocycles. The van der Waals surface area contributed by atoms with Gasteiger partial charge in [-0.2, -0.15) is 5.10 Å². The summed E-state index contributed by atoms with van der Waals surface area (Å²) in [7, 11) is -3.17. The first-order valence-electron chi connectivity index (χ1n) is 15.0. The van der Waals surface area contributed by atoms with Crippen LogP contribution in [0, 0.1) is 4.77 Å². The summed E-state index contributed by atoms with van der Waals surface area (Å²) in [6, 6.07) is 7.30. The molecule has 1 amide bonds. The van der Waals surface area contributed by atoms with Crippen LogP contribution in [0.25, 0.3) is 0 Å². The zero-order valence-corrected chi connectivity index (χ0v) is 29.8. The van der Waals surface area contributed by atoms with Gasteiger partial charge < -0.3 is 9.29 Å². The number of carbonyl (C=O) groups excluding carboxylic acids is 1. The second kappa shape index (κ2) is 19.5. The summed E-state index contributed by atoms with van der Waals surface area (Å²) in [6.45, 7) is 2.24. The first kappa shape index (κ1) is 37.3. The molecule has 2 aromatic rings. The van der Waals surface area contributed by atoms with Gasteiger partial charge in [0.25, 0.3) is 5.91 Å². The van der Waals surface area contributed by atoms with Gasteiger partial charge in [-0.3, -0.25) is 9.89 Å². The van der Waals surface area contributed by atoms with Crippen LogP contribution in [0.3, 0.4) is 0 Å². The van der Waals surface area contributed by atoms with E-state index in [9.17, 15) is 17.8 Å². The Hall–Kier alpha value is -0.890. The van der Waals surface area contributed by atoms with Gasteiger partial charge >= 0.3 is 29.6 Å². The first-order chi connectivity index (χ1) is 19.8. The maximum atomic E-state index is 13.0. The maximum Gasteiger partial charge on any atom is 1.00 e. The Morgan fingerprint density at radius 2 is 1.52 bits per heavy atom. The van der Waals surface area contributed by atoms with Crippen molar-refractivity contribution in [3.8, 4) is 5.75 Å². The summed E-state index contributed by atoms with van der Waals surface area (Å²) in [6.07, 6.45) is 16.7. The average molecular weight is 649 g/mol. The van der Waals surface area contributed by atoms with Crippen molar-refractivity contribution in [2.75, 3.05) is 17.9 Å². The van der Waals surface area contributed by atoms with Gasteiger partial charge in [0.1, 0.15) is 26.5 Å². The molecule has 2 unspecified atom stereocenters. The SMILES string of the molecule is CCCCCCCCCCCCCCCCC(c1n[nH]c(=S)n1N1C(=O)CSC1c1ccc(OC)cc1)S(=O)(=O)[O-].[Na+]. The summed E-state index contributed by atoms with van der Waals surface area (Å²) in [5.41, 5.74) is 0.823. The Bertz CT molecular complexity index is 1240. The number of hydrogen-bond acceptors (Lipinski definition) is 8. The monoisotopic (exact) mass is 648 g/mol. The van der Waals surface area contributed by atoms with Crippen LogP contribution in [0.15, 0.2) is 24.3 Å². The molecule has 1 fully saturated rings. The van der Waals surface area contributed by atoms with Gasteiger partial charge in [-0.05, 0) is 36.3 Å². The molecule has 3 rings (SSSR count). The molecule has 13 heteroatoms. The number of amides is 1. The van der Waals surface area contributed by atoms with E-state index in [2.05, 4.69) is 17.1 Å². The predicted molar refractivity (Wildman–Crippen MR) is 166 cm³/mol. The van der Waals surface area contributed by atoms with Gasteiger partial charge in [0, 0.05) is 0 Å². The van der Waals surface area contributed by atoms with Crippen LogP contribution < -0.4 is 39.3 Å². The van der Waals surface area contributed by atoms with Crippen molar-refractivity contribution in [1.29, 1.82) is 0 Å². The number of rotatable bonds is 20. The topological polar surface area (TPSA) is 120 Å². The minimum atomic E-state index is -4.74. The maximum absolute atomic E-state index is 13.0. The summed E-state index contributed by atoms with van der Waals surface area (Å²) in [4.78, 5) is 13.0. The van der Waals surface area contributed by atoms with Crippen molar-refractivity contribution in [2.24, 2.45) is 0 Å². The predicted octanol–water partition coefficient (Wildman–Crippen LogP) is 4.32. The number of nitrogens with zero attached hydrogens (tertiary/aromatic N) is 3. The second-order valence-corrected chi connectivity index (χ2v) is 13.7. The van der Waals surface area contributed by atoms with Gasteiger partial charge in [-0.1, -0.05) is 109 Å². The van der Waals surface area contributed by atoms with Crippen molar-refractivity contribution in [1.82, 2.24) is 14.9 Å². The number of benzene rings is 1. The molecule has 0 spiro atoms. The Balaban J connectivity index is 0.00000616. The van der Waals surface area contributed by atoms with Crippen LogP contribution in [0.5, 0.6) is 5.75 Å².